The van der Waals surface area contributed by atoms with Gasteiger partial charge in [0, 0.05) is 31.6 Å². The van der Waals surface area contributed by atoms with Crippen LogP contribution in [0.25, 0.3) is 0 Å². The highest BCUT2D eigenvalue weighted by Gasteiger charge is 2.26. The first-order valence-electron chi connectivity index (χ1n) is 8.16. The van der Waals surface area contributed by atoms with Gasteiger partial charge >= 0.3 is 0 Å². The average Bonchev–Trinajstić information content (AvgIpc) is 2.59. The maximum Gasteiger partial charge on any atom is 0.251 e. The molecule has 2 rings (SSSR count). The number of amides is 1. The zero-order valence-electron chi connectivity index (χ0n) is 14.2. The highest BCUT2D eigenvalue weighted by atomic mass is 32.2. The Morgan fingerprint density at radius 1 is 1.29 bits per heavy atom. The van der Waals surface area contributed by atoms with Gasteiger partial charge in [-0.2, -0.15) is 4.31 Å². The third kappa shape index (κ3) is 5.01. The van der Waals surface area contributed by atoms with E-state index in [9.17, 15) is 13.2 Å². The monoisotopic (exact) mass is 356 g/mol. The van der Waals surface area contributed by atoms with Gasteiger partial charge in [0.1, 0.15) is 0 Å². The normalized spacial score (nSPS) is 16.3. The molecule has 0 atom stereocenters. The van der Waals surface area contributed by atoms with Crippen LogP contribution in [0.4, 0.5) is 0 Å². The van der Waals surface area contributed by atoms with Crippen LogP contribution in [0.2, 0.25) is 0 Å². The van der Waals surface area contributed by atoms with Gasteiger partial charge in [-0.05, 0) is 18.2 Å². The molecule has 7 nitrogen and oxygen atoms in total. The third-order valence-electron chi connectivity index (χ3n) is 3.84. The molecule has 0 aliphatic carbocycles. The van der Waals surface area contributed by atoms with Crippen molar-refractivity contribution in [2.75, 3.05) is 53.5 Å². The van der Waals surface area contributed by atoms with Crippen LogP contribution in [0.5, 0.6) is 0 Å². The summed E-state index contributed by atoms with van der Waals surface area (Å²) in [7, 11) is 0.530. The third-order valence-corrected chi connectivity index (χ3v) is 5.74. The van der Waals surface area contributed by atoms with E-state index in [2.05, 4.69) is 19.4 Å². The van der Waals surface area contributed by atoms with Crippen molar-refractivity contribution in [2.45, 2.75) is 11.3 Å². The van der Waals surface area contributed by atoms with E-state index < -0.39 is 10.0 Å². The quantitative estimate of drug-likeness (QED) is 0.613. The van der Waals surface area contributed by atoms with Gasteiger partial charge in [0.05, 0.1) is 38.7 Å². The van der Waals surface area contributed by atoms with Gasteiger partial charge in [-0.15, -0.1) is 0 Å². The summed E-state index contributed by atoms with van der Waals surface area (Å²) in [4.78, 5) is 13.7. The molecule has 8 heteroatoms. The van der Waals surface area contributed by atoms with E-state index in [1.54, 1.807) is 12.1 Å². The number of hydrogen-bond acceptors (Lipinski definition) is 4. The van der Waals surface area contributed by atoms with Crippen LogP contribution in [0.3, 0.4) is 0 Å². The van der Waals surface area contributed by atoms with E-state index in [0.717, 1.165) is 13.0 Å². The maximum absolute atomic E-state index is 12.6. The van der Waals surface area contributed by atoms with Gasteiger partial charge in [0.15, 0.2) is 0 Å². The molecule has 134 valence electrons. The molecule has 24 heavy (non-hydrogen) atoms. The predicted octanol–water partition coefficient (Wildman–Crippen LogP) is -1.03. The topological polar surface area (TPSA) is 80.2 Å². The Bertz CT molecular complexity index is 655. The number of carbonyl (C=O) groups is 1. The summed E-state index contributed by atoms with van der Waals surface area (Å²) < 4.78 is 31.9. The van der Waals surface area contributed by atoms with Crippen molar-refractivity contribution < 1.29 is 22.8 Å². The lowest BCUT2D eigenvalue weighted by Gasteiger charge is -2.26. The van der Waals surface area contributed by atoms with E-state index in [4.69, 9.17) is 4.74 Å². The fourth-order valence-electron chi connectivity index (χ4n) is 2.48. The van der Waals surface area contributed by atoms with Crippen LogP contribution in [0, 0.1) is 0 Å². The van der Waals surface area contributed by atoms with Gasteiger partial charge in [-0.1, -0.05) is 6.07 Å². The summed E-state index contributed by atoms with van der Waals surface area (Å²) >= 11 is 0. The minimum absolute atomic E-state index is 0.148. The highest BCUT2D eigenvalue weighted by molar-refractivity contribution is 7.89. The van der Waals surface area contributed by atoms with Gasteiger partial charge in [-0.25, -0.2) is 8.42 Å². The van der Waals surface area contributed by atoms with E-state index in [1.807, 2.05) is 0 Å². The molecule has 1 aromatic carbocycles. The van der Waals surface area contributed by atoms with Crippen molar-refractivity contribution in [3.05, 3.63) is 29.8 Å². The summed E-state index contributed by atoms with van der Waals surface area (Å²) in [6.07, 6.45) is 0.875. The lowest BCUT2D eigenvalue weighted by molar-refractivity contribution is -0.858. The number of hydrogen-bond donors (Lipinski definition) is 2. The van der Waals surface area contributed by atoms with Crippen molar-refractivity contribution in [1.82, 2.24) is 9.62 Å². The summed E-state index contributed by atoms with van der Waals surface area (Å²) in [5.74, 6) is -0.247. The number of carbonyl (C=O) groups excluding carboxylic acids is 1. The lowest BCUT2D eigenvalue weighted by Crippen LogP contribution is -3.05. The Hall–Kier alpha value is -1.48. The summed E-state index contributed by atoms with van der Waals surface area (Å²) in [5.41, 5.74) is 0.363. The molecule has 1 aliphatic heterocycles. The fraction of sp³-hybridized carbons (Fsp3) is 0.562. The second-order valence-corrected chi connectivity index (χ2v) is 8.05. The largest absolute Gasteiger partial charge is 0.379 e. The molecule has 2 N–H and O–H groups in total. The van der Waals surface area contributed by atoms with E-state index >= 15 is 0 Å². The number of nitrogens with one attached hydrogen (secondary N) is 2. The minimum Gasteiger partial charge on any atom is -0.379 e. The minimum atomic E-state index is -3.58. The number of morpholine rings is 1. The molecule has 0 aromatic heterocycles. The van der Waals surface area contributed by atoms with Gasteiger partial charge in [0.25, 0.3) is 5.91 Å². The first-order chi connectivity index (χ1) is 11.4. The number of sulfonamides is 1. The van der Waals surface area contributed by atoms with E-state index in [-0.39, 0.29) is 10.8 Å². The van der Waals surface area contributed by atoms with Gasteiger partial charge in [0.2, 0.25) is 10.0 Å². The predicted molar refractivity (Wildman–Crippen MR) is 90.6 cm³/mol. The molecular weight excluding hydrogens is 330 g/mol. The Balaban J connectivity index is 2.03. The summed E-state index contributed by atoms with van der Waals surface area (Å²) in [6.45, 7) is 3.01. The Morgan fingerprint density at radius 3 is 2.67 bits per heavy atom. The number of rotatable bonds is 7. The van der Waals surface area contributed by atoms with Crippen LogP contribution in [-0.2, 0) is 14.8 Å². The molecule has 1 fully saturated rings. The number of benzene rings is 1. The first-order valence-corrected chi connectivity index (χ1v) is 9.60. The molecule has 1 heterocycles. The van der Waals surface area contributed by atoms with Gasteiger partial charge < -0.3 is 15.0 Å². The lowest BCUT2D eigenvalue weighted by atomic mass is 10.2. The molecule has 1 aromatic rings. The van der Waals surface area contributed by atoms with Crippen molar-refractivity contribution in [1.29, 1.82) is 0 Å². The van der Waals surface area contributed by atoms with Gasteiger partial charge in [-0.3, -0.25) is 4.79 Å². The first kappa shape index (κ1) is 18.9. The van der Waals surface area contributed by atoms with Crippen LogP contribution in [0.15, 0.2) is 29.2 Å². The Labute approximate surface area is 143 Å². The maximum atomic E-state index is 12.6. The second kappa shape index (κ2) is 8.57. The van der Waals surface area contributed by atoms with Crippen LogP contribution < -0.4 is 10.2 Å². The molecule has 1 aliphatic rings. The van der Waals surface area contributed by atoms with E-state index in [0.29, 0.717) is 38.4 Å². The molecule has 0 spiro atoms. The number of nitrogens with zero attached hydrogens (tertiary/aromatic N) is 1. The molecule has 0 saturated carbocycles. The summed E-state index contributed by atoms with van der Waals surface area (Å²) in [5, 5.41) is 2.83. The second-order valence-electron chi connectivity index (χ2n) is 6.11. The smallest absolute Gasteiger partial charge is 0.251 e. The van der Waals surface area contributed by atoms with Crippen LogP contribution in [0.1, 0.15) is 16.8 Å². The van der Waals surface area contributed by atoms with Crippen LogP contribution >= 0.6 is 0 Å². The molecule has 0 unspecified atom stereocenters. The number of ether oxygens (including phenoxy) is 1. The van der Waals surface area contributed by atoms with Crippen molar-refractivity contribution >= 4 is 15.9 Å². The fourth-order valence-corrected chi connectivity index (χ4v) is 3.93. The molecule has 1 saturated heterocycles. The zero-order valence-corrected chi connectivity index (χ0v) is 15.1. The van der Waals surface area contributed by atoms with E-state index in [1.165, 1.54) is 21.3 Å². The zero-order chi connectivity index (χ0) is 17.6. The average molecular weight is 356 g/mol. The van der Waals surface area contributed by atoms with Crippen LogP contribution in [-0.4, -0.2) is 72.1 Å². The summed E-state index contributed by atoms with van der Waals surface area (Å²) in [6, 6.07) is 6.20. The Kier molecular flexibility index (Phi) is 6.73. The van der Waals surface area contributed by atoms with Crippen molar-refractivity contribution in [3.63, 3.8) is 0 Å². The Morgan fingerprint density at radius 2 is 2.00 bits per heavy atom. The van der Waals surface area contributed by atoms with Crippen molar-refractivity contribution in [3.8, 4) is 0 Å². The number of quaternary nitrogens is 1. The SMILES string of the molecule is C[NH+](C)CCCNC(=O)c1cccc(S(=O)(=O)N2CCOCC2)c1. The molecular formula is C16H26N3O4S+. The highest BCUT2D eigenvalue weighted by Crippen LogP contribution is 2.18. The molecule has 0 radical (unpaired) electrons. The van der Waals surface area contributed by atoms with Crippen molar-refractivity contribution in [2.24, 2.45) is 0 Å². The molecule has 0 bridgehead atoms. The standard InChI is InChI=1S/C16H25N3O4S/c1-18(2)8-4-7-17-16(20)14-5-3-6-15(13-14)24(21,22)19-9-11-23-12-10-19/h3,5-6,13H,4,7-12H2,1-2H3,(H,17,20)/p+1. The molecule has 1 amide bonds.